The molecule has 2 rings (SSSR count). The largest absolute Gasteiger partial charge is 0.489 e. The van der Waals surface area contributed by atoms with E-state index in [2.05, 4.69) is 5.32 Å². The molecule has 0 spiro atoms. The van der Waals surface area contributed by atoms with Crippen molar-refractivity contribution in [3.63, 3.8) is 0 Å². The maximum absolute atomic E-state index is 11.8. The van der Waals surface area contributed by atoms with E-state index in [-0.39, 0.29) is 18.9 Å². The Bertz CT molecular complexity index is 641. The van der Waals surface area contributed by atoms with Crippen molar-refractivity contribution >= 4 is 17.5 Å². The molecule has 23 heavy (non-hydrogen) atoms. The van der Waals surface area contributed by atoms with E-state index in [0.29, 0.717) is 17.4 Å². The van der Waals surface area contributed by atoms with Crippen molar-refractivity contribution in [3.8, 4) is 5.75 Å². The van der Waals surface area contributed by atoms with Crippen molar-refractivity contribution in [2.24, 2.45) is 0 Å². The molecule has 0 bridgehead atoms. The van der Waals surface area contributed by atoms with Gasteiger partial charge >= 0.3 is 0 Å². The molecule has 2 aromatic rings. The molecule has 0 heterocycles. The molecule has 0 aliphatic carbocycles. The van der Waals surface area contributed by atoms with Crippen LogP contribution in [0.1, 0.15) is 18.1 Å². The van der Waals surface area contributed by atoms with Gasteiger partial charge in [0, 0.05) is 11.6 Å². The fraction of sp³-hybridized carbons (Fsp3) is 0.278. The molecule has 5 heteroatoms. The van der Waals surface area contributed by atoms with Crippen LogP contribution in [0.3, 0.4) is 0 Å². The Kier molecular flexibility index (Phi) is 6.44. The van der Waals surface area contributed by atoms with E-state index in [1.54, 1.807) is 6.92 Å². The first-order valence-electron chi connectivity index (χ1n) is 7.44. The Labute approximate surface area is 141 Å². The van der Waals surface area contributed by atoms with E-state index >= 15 is 0 Å². The van der Waals surface area contributed by atoms with Crippen LogP contribution in [-0.2, 0) is 17.8 Å². The predicted molar refractivity (Wildman–Crippen MR) is 90.6 cm³/mol. The van der Waals surface area contributed by atoms with Crippen LogP contribution >= 0.6 is 11.6 Å². The number of amides is 1. The van der Waals surface area contributed by atoms with Crippen LogP contribution in [0, 0.1) is 0 Å². The number of hydrogen-bond acceptors (Lipinski definition) is 3. The van der Waals surface area contributed by atoms with E-state index in [9.17, 15) is 4.79 Å². The Morgan fingerprint density at radius 3 is 2.65 bits per heavy atom. The fourth-order valence-electron chi connectivity index (χ4n) is 2.00. The zero-order valence-corrected chi connectivity index (χ0v) is 13.7. The first kappa shape index (κ1) is 17.3. The van der Waals surface area contributed by atoms with Gasteiger partial charge in [0.25, 0.3) is 0 Å². The highest BCUT2D eigenvalue weighted by molar-refractivity contribution is 6.30. The number of aliphatic hydroxyl groups excluding tert-OH is 1. The smallest absolute Gasteiger partial charge is 0.224 e. The van der Waals surface area contributed by atoms with Crippen molar-refractivity contribution in [1.29, 1.82) is 0 Å². The Hall–Kier alpha value is -2.04. The van der Waals surface area contributed by atoms with Crippen LogP contribution in [0.5, 0.6) is 5.75 Å². The second-order valence-electron chi connectivity index (χ2n) is 5.39. The Balaban J connectivity index is 1.89. The molecule has 0 radical (unpaired) electrons. The van der Waals surface area contributed by atoms with Gasteiger partial charge in [0.2, 0.25) is 5.91 Å². The average Bonchev–Trinajstić information content (AvgIpc) is 2.53. The van der Waals surface area contributed by atoms with Gasteiger partial charge in [0.1, 0.15) is 12.4 Å². The molecule has 0 fully saturated rings. The standard InChI is InChI=1S/C18H20ClNO3/c1-13(21)11-20-18(22)10-15-3-2-4-17(9-15)23-12-14-5-7-16(19)8-6-14/h2-9,13,21H,10-12H2,1H3,(H,20,22). The molecule has 0 saturated carbocycles. The van der Waals surface area contributed by atoms with Crippen LogP contribution in [0.4, 0.5) is 0 Å². The summed E-state index contributed by atoms with van der Waals surface area (Å²) in [5, 5.41) is 12.5. The van der Waals surface area contributed by atoms with Crippen LogP contribution in [0.15, 0.2) is 48.5 Å². The molecule has 2 N–H and O–H groups in total. The maximum Gasteiger partial charge on any atom is 0.224 e. The number of ether oxygens (including phenoxy) is 1. The zero-order chi connectivity index (χ0) is 16.7. The summed E-state index contributed by atoms with van der Waals surface area (Å²) in [6, 6.07) is 14.9. The molecule has 2 aromatic carbocycles. The molecule has 0 saturated heterocycles. The van der Waals surface area contributed by atoms with Crippen molar-refractivity contribution in [2.45, 2.75) is 26.1 Å². The first-order valence-corrected chi connectivity index (χ1v) is 7.81. The third kappa shape index (κ3) is 6.30. The molecule has 0 aliphatic rings. The van der Waals surface area contributed by atoms with Crippen molar-refractivity contribution in [2.75, 3.05) is 6.54 Å². The minimum atomic E-state index is -0.548. The van der Waals surface area contributed by atoms with Gasteiger partial charge in [-0.15, -0.1) is 0 Å². The molecule has 1 unspecified atom stereocenters. The number of aliphatic hydroxyl groups is 1. The lowest BCUT2D eigenvalue weighted by molar-refractivity contribution is -0.120. The molecule has 1 amide bonds. The van der Waals surface area contributed by atoms with Crippen LogP contribution in [0.25, 0.3) is 0 Å². The highest BCUT2D eigenvalue weighted by atomic mass is 35.5. The average molecular weight is 334 g/mol. The number of benzene rings is 2. The first-order chi connectivity index (χ1) is 11.0. The lowest BCUT2D eigenvalue weighted by Crippen LogP contribution is -2.31. The van der Waals surface area contributed by atoms with Crippen LogP contribution in [-0.4, -0.2) is 23.7 Å². The van der Waals surface area contributed by atoms with Gasteiger partial charge in [0.05, 0.1) is 12.5 Å². The minimum Gasteiger partial charge on any atom is -0.489 e. The summed E-state index contributed by atoms with van der Waals surface area (Å²) in [6.07, 6.45) is -0.293. The number of carbonyl (C=O) groups is 1. The number of nitrogens with one attached hydrogen (secondary N) is 1. The number of hydrogen-bond donors (Lipinski definition) is 2. The summed E-state index contributed by atoms with van der Waals surface area (Å²) in [5.74, 6) is 0.585. The predicted octanol–water partition coefficient (Wildman–Crippen LogP) is 2.96. The summed E-state index contributed by atoms with van der Waals surface area (Å²) in [7, 11) is 0. The van der Waals surface area contributed by atoms with E-state index in [4.69, 9.17) is 21.4 Å². The summed E-state index contributed by atoms with van der Waals surface area (Å²) in [5.41, 5.74) is 1.89. The van der Waals surface area contributed by atoms with Crippen LogP contribution in [0.2, 0.25) is 5.02 Å². The lowest BCUT2D eigenvalue weighted by atomic mass is 10.1. The Morgan fingerprint density at radius 2 is 1.96 bits per heavy atom. The molecule has 4 nitrogen and oxygen atoms in total. The van der Waals surface area contributed by atoms with Crippen LogP contribution < -0.4 is 10.1 Å². The quantitative estimate of drug-likeness (QED) is 0.819. The maximum atomic E-state index is 11.8. The second kappa shape index (κ2) is 8.56. The van der Waals surface area contributed by atoms with Crippen molar-refractivity contribution in [1.82, 2.24) is 5.32 Å². The topological polar surface area (TPSA) is 58.6 Å². The van der Waals surface area contributed by atoms with Gasteiger partial charge in [0.15, 0.2) is 0 Å². The minimum absolute atomic E-state index is 0.124. The molecular weight excluding hydrogens is 314 g/mol. The number of halogens is 1. The van der Waals surface area contributed by atoms with Gasteiger partial charge in [-0.05, 0) is 42.3 Å². The third-order valence-electron chi connectivity index (χ3n) is 3.18. The highest BCUT2D eigenvalue weighted by Gasteiger charge is 2.06. The summed E-state index contributed by atoms with van der Waals surface area (Å²) in [6.45, 7) is 2.33. The molecule has 1 atom stereocenters. The number of rotatable bonds is 7. The molecule has 0 aliphatic heterocycles. The van der Waals surface area contributed by atoms with Gasteiger partial charge in [-0.25, -0.2) is 0 Å². The van der Waals surface area contributed by atoms with Gasteiger partial charge in [-0.3, -0.25) is 4.79 Å². The summed E-state index contributed by atoms with van der Waals surface area (Å²) < 4.78 is 5.74. The molecule has 0 aromatic heterocycles. The SMILES string of the molecule is CC(O)CNC(=O)Cc1cccc(OCc2ccc(Cl)cc2)c1. The van der Waals surface area contributed by atoms with E-state index < -0.39 is 6.10 Å². The van der Waals surface area contributed by atoms with E-state index in [0.717, 1.165) is 11.1 Å². The second-order valence-corrected chi connectivity index (χ2v) is 5.83. The zero-order valence-electron chi connectivity index (χ0n) is 13.0. The van der Waals surface area contributed by atoms with Gasteiger partial charge < -0.3 is 15.2 Å². The van der Waals surface area contributed by atoms with Crippen molar-refractivity contribution in [3.05, 3.63) is 64.7 Å². The normalized spacial score (nSPS) is 11.8. The monoisotopic (exact) mass is 333 g/mol. The Morgan fingerprint density at radius 1 is 1.22 bits per heavy atom. The van der Waals surface area contributed by atoms with E-state index in [1.165, 1.54) is 0 Å². The third-order valence-corrected chi connectivity index (χ3v) is 3.43. The van der Waals surface area contributed by atoms with Crippen molar-refractivity contribution < 1.29 is 14.6 Å². The molecule has 122 valence electrons. The lowest BCUT2D eigenvalue weighted by Gasteiger charge is -2.09. The van der Waals surface area contributed by atoms with Gasteiger partial charge in [-0.1, -0.05) is 35.9 Å². The van der Waals surface area contributed by atoms with Gasteiger partial charge in [-0.2, -0.15) is 0 Å². The number of carbonyl (C=O) groups excluding carboxylic acids is 1. The fourth-order valence-corrected chi connectivity index (χ4v) is 2.13. The molecular formula is C18H20ClNO3. The summed E-state index contributed by atoms with van der Waals surface area (Å²) >= 11 is 5.85. The summed E-state index contributed by atoms with van der Waals surface area (Å²) in [4.78, 5) is 11.8. The van der Waals surface area contributed by atoms with E-state index in [1.807, 2.05) is 48.5 Å². The highest BCUT2D eigenvalue weighted by Crippen LogP contribution is 2.16.